The molecule has 0 spiro atoms. The van der Waals surface area contributed by atoms with Crippen LogP contribution in [0.3, 0.4) is 0 Å². The molecule has 2 heterocycles. The Balaban J connectivity index is 1.43. The molecule has 29 heavy (non-hydrogen) atoms. The summed E-state index contributed by atoms with van der Waals surface area (Å²) in [5, 5.41) is 3.35. The summed E-state index contributed by atoms with van der Waals surface area (Å²) in [6.45, 7) is 1.78. The number of hydrogen-bond donors (Lipinski definition) is 1. The fourth-order valence-corrected chi connectivity index (χ4v) is 3.60. The smallest absolute Gasteiger partial charge is 0.138 e. The van der Waals surface area contributed by atoms with Crippen molar-refractivity contribution in [2.75, 3.05) is 20.3 Å². The second-order valence-corrected chi connectivity index (χ2v) is 7.61. The van der Waals surface area contributed by atoms with Gasteiger partial charge < -0.3 is 14.8 Å². The van der Waals surface area contributed by atoms with Gasteiger partial charge in [-0.1, -0.05) is 54.6 Å². The Morgan fingerprint density at radius 2 is 1.76 bits per heavy atom. The van der Waals surface area contributed by atoms with E-state index in [4.69, 9.17) is 9.47 Å². The third-order valence-corrected chi connectivity index (χ3v) is 5.45. The van der Waals surface area contributed by atoms with Crippen molar-refractivity contribution in [2.45, 2.75) is 31.4 Å². The molecule has 0 saturated carbocycles. The zero-order valence-corrected chi connectivity index (χ0v) is 16.9. The molecule has 1 fully saturated rings. The van der Waals surface area contributed by atoms with Crippen LogP contribution < -0.4 is 10.1 Å². The summed E-state index contributed by atoms with van der Waals surface area (Å²) in [5.74, 6) is 0.820. The Bertz CT molecular complexity index is 909. The predicted molar refractivity (Wildman–Crippen MR) is 116 cm³/mol. The molecule has 0 unspecified atom stereocenters. The van der Waals surface area contributed by atoms with E-state index in [1.807, 2.05) is 12.3 Å². The van der Waals surface area contributed by atoms with Gasteiger partial charge in [-0.05, 0) is 48.6 Å². The van der Waals surface area contributed by atoms with Crippen molar-refractivity contribution >= 4 is 0 Å². The number of methoxy groups -OCH3 is 1. The van der Waals surface area contributed by atoms with Crippen LogP contribution in [0, 0.1) is 0 Å². The maximum Gasteiger partial charge on any atom is 0.138 e. The summed E-state index contributed by atoms with van der Waals surface area (Å²) >= 11 is 0. The van der Waals surface area contributed by atoms with E-state index in [1.165, 1.54) is 17.5 Å². The van der Waals surface area contributed by atoms with Crippen LogP contribution in [0.2, 0.25) is 0 Å². The van der Waals surface area contributed by atoms with Crippen LogP contribution in [0.4, 0.5) is 0 Å². The quantitative estimate of drug-likeness (QED) is 0.594. The predicted octanol–water partition coefficient (Wildman–Crippen LogP) is 4.29. The maximum atomic E-state index is 5.91. The molecule has 0 radical (unpaired) electrons. The summed E-state index contributed by atoms with van der Waals surface area (Å²) in [6, 6.07) is 21.7. The monoisotopic (exact) mass is 388 g/mol. The van der Waals surface area contributed by atoms with Crippen LogP contribution in [0.25, 0.3) is 11.1 Å². The SMILES string of the molecule is CO[C@@H](Cc1ccccc1)Cc1cccc(-c2cncc(OC[C@@H]3CCN3)c2)c1. The molecule has 1 aliphatic heterocycles. The van der Waals surface area contributed by atoms with E-state index in [1.54, 1.807) is 13.3 Å². The number of rotatable bonds is 9. The highest BCUT2D eigenvalue weighted by Gasteiger charge is 2.17. The van der Waals surface area contributed by atoms with Crippen molar-refractivity contribution in [1.82, 2.24) is 10.3 Å². The van der Waals surface area contributed by atoms with Gasteiger partial charge >= 0.3 is 0 Å². The normalized spacial score (nSPS) is 16.8. The Hall–Kier alpha value is -2.69. The van der Waals surface area contributed by atoms with Crippen LogP contribution in [-0.4, -0.2) is 37.4 Å². The number of nitrogens with zero attached hydrogens (tertiary/aromatic N) is 1. The molecule has 0 bridgehead atoms. The first-order chi connectivity index (χ1) is 14.3. The molecule has 2 atom stereocenters. The van der Waals surface area contributed by atoms with Crippen LogP contribution in [0.15, 0.2) is 73.1 Å². The third kappa shape index (κ3) is 5.43. The molecule has 2 aromatic carbocycles. The van der Waals surface area contributed by atoms with Crippen molar-refractivity contribution in [2.24, 2.45) is 0 Å². The summed E-state index contributed by atoms with van der Waals surface area (Å²) < 4.78 is 11.7. The van der Waals surface area contributed by atoms with Crippen molar-refractivity contribution < 1.29 is 9.47 Å². The van der Waals surface area contributed by atoms with E-state index in [9.17, 15) is 0 Å². The van der Waals surface area contributed by atoms with Gasteiger partial charge in [0.15, 0.2) is 0 Å². The Morgan fingerprint density at radius 3 is 2.52 bits per heavy atom. The van der Waals surface area contributed by atoms with Gasteiger partial charge in [-0.3, -0.25) is 4.98 Å². The zero-order valence-electron chi connectivity index (χ0n) is 16.9. The molecule has 4 nitrogen and oxygen atoms in total. The molecule has 150 valence electrons. The molecule has 4 heteroatoms. The van der Waals surface area contributed by atoms with Gasteiger partial charge in [0, 0.05) is 24.9 Å². The van der Waals surface area contributed by atoms with Crippen LogP contribution in [-0.2, 0) is 17.6 Å². The lowest BCUT2D eigenvalue weighted by atomic mass is 9.98. The lowest BCUT2D eigenvalue weighted by Crippen LogP contribution is -2.46. The highest BCUT2D eigenvalue weighted by Crippen LogP contribution is 2.25. The highest BCUT2D eigenvalue weighted by atomic mass is 16.5. The largest absolute Gasteiger partial charge is 0.490 e. The van der Waals surface area contributed by atoms with E-state index >= 15 is 0 Å². The molecule has 3 aromatic rings. The minimum atomic E-state index is 0.149. The highest BCUT2D eigenvalue weighted by molar-refractivity contribution is 5.64. The second kappa shape index (κ2) is 9.68. The van der Waals surface area contributed by atoms with E-state index in [-0.39, 0.29) is 6.10 Å². The maximum absolute atomic E-state index is 5.91. The minimum absolute atomic E-state index is 0.149. The van der Waals surface area contributed by atoms with Gasteiger partial charge in [0.05, 0.1) is 12.3 Å². The first-order valence-electron chi connectivity index (χ1n) is 10.3. The molecule has 1 N–H and O–H groups in total. The molecule has 0 aliphatic carbocycles. The van der Waals surface area contributed by atoms with Crippen molar-refractivity contribution in [1.29, 1.82) is 0 Å². The molecule has 0 amide bonds. The van der Waals surface area contributed by atoms with E-state index in [0.29, 0.717) is 12.6 Å². The number of aromatic nitrogens is 1. The van der Waals surface area contributed by atoms with Gasteiger partial charge in [0.25, 0.3) is 0 Å². The van der Waals surface area contributed by atoms with E-state index in [2.05, 4.69) is 64.9 Å². The lowest BCUT2D eigenvalue weighted by Gasteiger charge is -2.27. The first kappa shape index (κ1) is 19.6. The molecular formula is C25H28N2O2. The zero-order chi connectivity index (χ0) is 19.9. The van der Waals surface area contributed by atoms with Crippen LogP contribution in [0.5, 0.6) is 5.75 Å². The summed E-state index contributed by atoms with van der Waals surface area (Å²) in [6.07, 6.45) is 6.78. The average Bonchev–Trinajstić information content (AvgIpc) is 2.73. The fourth-order valence-electron chi connectivity index (χ4n) is 3.60. The van der Waals surface area contributed by atoms with Gasteiger partial charge in [-0.2, -0.15) is 0 Å². The second-order valence-electron chi connectivity index (χ2n) is 7.61. The molecule has 1 aromatic heterocycles. The topological polar surface area (TPSA) is 43.4 Å². The number of nitrogens with one attached hydrogen (secondary N) is 1. The number of hydrogen-bond acceptors (Lipinski definition) is 4. The van der Waals surface area contributed by atoms with Gasteiger partial charge in [-0.15, -0.1) is 0 Å². The molecule has 1 aliphatic rings. The van der Waals surface area contributed by atoms with Gasteiger partial charge in [0.2, 0.25) is 0 Å². The van der Waals surface area contributed by atoms with Crippen molar-refractivity contribution in [3.8, 4) is 16.9 Å². The molecule has 4 rings (SSSR count). The number of pyridine rings is 1. The van der Waals surface area contributed by atoms with Crippen molar-refractivity contribution in [3.63, 3.8) is 0 Å². The lowest BCUT2D eigenvalue weighted by molar-refractivity contribution is 0.103. The third-order valence-electron chi connectivity index (χ3n) is 5.45. The Kier molecular flexibility index (Phi) is 6.55. The van der Waals surface area contributed by atoms with Gasteiger partial charge in [-0.25, -0.2) is 0 Å². The summed E-state index contributed by atoms with van der Waals surface area (Å²) in [4.78, 5) is 4.38. The van der Waals surface area contributed by atoms with Crippen LogP contribution >= 0.6 is 0 Å². The molecule has 1 saturated heterocycles. The minimum Gasteiger partial charge on any atom is -0.490 e. The summed E-state index contributed by atoms with van der Waals surface area (Å²) in [7, 11) is 1.79. The van der Waals surface area contributed by atoms with Crippen molar-refractivity contribution in [3.05, 3.63) is 84.2 Å². The average molecular weight is 389 g/mol. The fraction of sp³-hybridized carbons (Fsp3) is 0.320. The standard InChI is InChI=1S/C25H28N2O2/c1-28-24(13-19-6-3-2-4-7-19)14-20-8-5-9-21(12-20)22-15-25(17-26-16-22)29-18-23-10-11-27-23/h2-9,12,15-17,23-24,27H,10-11,13-14,18H2,1H3/t23-,24-/m0/s1. The Morgan fingerprint density at radius 1 is 0.966 bits per heavy atom. The Labute approximate surface area is 172 Å². The van der Waals surface area contributed by atoms with Gasteiger partial charge in [0.1, 0.15) is 12.4 Å². The number of ether oxygens (including phenoxy) is 2. The summed E-state index contributed by atoms with van der Waals surface area (Å²) in [5.41, 5.74) is 4.78. The van der Waals surface area contributed by atoms with Crippen LogP contribution in [0.1, 0.15) is 17.5 Å². The molecular weight excluding hydrogens is 360 g/mol. The number of benzene rings is 2. The van der Waals surface area contributed by atoms with E-state index in [0.717, 1.165) is 36.3 Å². The first-order valence-corrected chi connectivity index (χ1v) is 10.3. The van der Waals surface area contributed by atoms with E-state index < -0.39 is 0 Å².